The molecule has 17 heavy (non-hydrogen) atoms. The van der Waals surface area contributed by atoms with Crippen LogP contribution >= 0.6 is 30.8 Å². The maximum Gasteiger partial charge on any atom is 0.353 e. The molecule has 0 heterocycles. The van der Waals surface area contributed by atoms with Gasteiger partial charge in [0.15, 0.2) is 0 Å². The van der Waals surface area contributed by atoms with Gasteiger partial charge in [0.1, 0.15) is 6.35 Å². The summed E-state index contributed by atoms with van der Waals surface area (Å²) in [7, 11) is -3.71. The minimum atomic E-state index is -3.71. The summed E-state index contributed by atoms with van der Waals surface area (Å²) < 4.78 is 21.3. The van der Waals surface area contributed by atoms with Gasteiger partial charge in [-0.15, -0.1) is 23.2 Å². The Bertz CT molecular complexity index is 250. The van der Waals surface area contributed by atoms with E-state index in [1.54, 1.807) is 0 Å². The van der Waals surface area contributed by atoms with Crippen LogP contribution in [0.25, 0.3) is 0 Å². The molecule has 104 valence electrons. The minimum absolute atomic E-state index is 0.0584. The number of hydrogen-bond donors (Lipinski definition) is 1. The fourth-order valence-corrected chi connectivity index (χ4v) is 2.40. The highest BCUT2D eigenvalue weighted by molar-refractivity contribution is 7.52. The molecule has 0 aliphatic rings. The molecule has 0 aromatic rings. The largest absolute Gasteiger partial charge is 0.369 e. The summed E-state index contributed by atoms with van der Waals surface area (Å²) in [5.41, 5.74) is 0. The van der Waals surface area contributed by atoms with Gasteiger partial charge in [-0.05, 0) is 12.3 Å². The Hall–Kier alpha value is 0.690. The van der Waals surface area contributed by atoms with Gasteiger partial charge in [-0.3, -0.25) is 4.57 Å². The molecule has 0 saturated heterocycles. The molecule has 0 rings (SSSR count). The predicted molar refractivity (Wildman–Crippen MR) is 71.0 cm³/mol. The molecular formula is C10H21Cl2O4P. The van der Waals surface area contributed by atoms with Crippen molar-refractivity contribution in [2.45, 2.75) is 37.9 Å². The smallest absolute Gasteiger partial charge is 0.353 e. The van der Waals surface area contributed by atoms with Gasteiger partial charge in [0.05, 0.1) is 17.4 Å². The van der Waals surface area contributed by atoms with E-state index >= 15 is 0 Å². The average Bonchev–Trinajstić information content (AvgIpc) is 2.25. The predicted octanol–water partition coefficient (Wildman–Crippen LogP) is 3.44. The lowest BCUT2D eigenvalue weighted by Gasteiger charge is -2.20. The van der Waals surface area contributed by atoms with E-state index in [2.05, 4.69) is 0 Å². The molecule has 0 spiro atoms. The van der Waals surface area contributed by atoms with Crippen molar-refractivity contribution in [2.75, 3.05) is 19.6 Å². The Kier molecular flexibility index (Phi) is 9.09. The van der Waals surface area contributed by atoms with Crippen LogP contribution in [0, 0.1) is 5.92 Å². The van der Waals surface area contributed by atoms with Crippen LogP contribution in [0.2, 0.25) is 0 Å². The SMILES string of the molecule is CCCOCP(=O)(O)OCC(Cl)C(Cl)C(C)C. The molecular weight excluding hydrogens is 286 g/mol. The van der Waals surface area contributed by atoms with E-state index in [-0.39, 0.29) is 24.2 Å². The van der Waals surface area contributed by atoms with Crippen LogP contribution in [0.15, 0.2) is 0 Å². The number of alkyl halides is 2. The van der Waals surface area contributed by atoms with Crippen molar-refractivity contribution in [1.29, 1.82) is 0 Å². The molecule has 0 aliphatic heterocycles. The van der Waals surface area contributed by atoms with Gasteiger partial charge in [0, 0.05) is 6.61 Å². The van der Waals surface area contributed by atoms with Crippen molar-refractivity contribution in [2.24, 2.45) is 5.92 Å². The average molecular weight is 307 g/mol. The summed E-state index contributed by atoms with van der Waals surface area (Å²) in [5.74, 6) is 0.178. The fraction of sp³-hybridized carbons (Fsp3) is 1.00. The third-order valence-electron chi connectivity index (χ3n) is 2.02. The first-order valence-electron chi connectivity index (χ1n) is 5.62. The van der Waals surface area contributed by atoms with Crippen molar-refractivity contribution >= 4 is 30.8 Å². The molecule has 0 bridgehead atoms. The quantitative estimate of drug-likeness (QED) is 0.403. The molecule has 3 unspecified atom stereocenters. The first-order chi connectivity index (χ1) is 7.80. The molecule has 0 fully saturated rings. The molecule has 0 aromatic heterocycles. The molecule has 3 atom stereocenters. The van der Waals surface area contributed by atoms with E-state index in [0.29, 0.717) is 6.61 Å². The van der Waals surface area contributed by atoms with Crippen LogP contribution in [0.1, 0.15) is 27.2 Å². The van der Waals surface area contributed by atoms with Crippen molar-refractivity contribution in [3.63, 3.8) is 0 Å². The van der Waals surface area contributed by atoms with Crippen molar-refractivity contribution in [1.82, 2.24) is 0 Å². The van der Waals surface area contributed by atoms with Gasteiger partial charge in [-0.2, -0.15) is 0 Å². The van der Waals surface area contributed by atoms with Gasteiger partial charge in [0.25, 0.3) is 0 Å². The van der Waals surface area contributed by atoms with Crippen LogP contribution in [-0.2, 0) is 13.8 Å². The van der Waals surface area contributed by atoms with Crippen molar-refractivity contribution < 1.29 is 18.7 Å². The number of ether oxygens (including phenoxy) is 1. The Morgan fingerprint density at radius 2 is 1.94 bits per heavy atom. The maximum atomic E-state index is 11.5. The Labute approximate surface area is 113 Å². The third-order valence-corrected chi connectivity index (χ3v) is 4.42. The molecule has 4 nitrogen and oxygen atoms in total. The molecule has 7 heteroatoms. The van der Waals surface area contributed by atoms with Crippen molar-refractivity contribution in [3.05, 3.63) is 0 Å². The number of rotatable bonds is 9. The van der Waals surface area contributed by atoms with Crippen LogP contribution in [0.4, 0.5) is 0 Å². The molecule has 0 radical (unpaired) electrons. The number of halogens is 2. The van der Waals surface area contributed by atoms with E-state index in [9.17, 15) is 9.46 Å². The second-order valence-electron chi connectivity index (χ2n) is 4.18. The Morgan fingerprint density at radius 3 is 2.41 bits per heavy atom. The highest BCUT2D eigenvalue weighted by Gasteiger charge is 2.26. The Morgan fingerprint density at radius 1 is 1.35 bits per heavy atom. The third kappa shape index (κ3) is 8.41. The van der Waals surface area contributed by atoms with Gasteiger partial charge >= 0.3 is 7.60 Å². The van der Waals surface area contributed by atoms with Gasteiger partial charge in [-0.1, -0.05) is 20.8 Å². The van der Waals surface area contributed by atoms with E-state index in [4.69, 9.17) is 32.5 Å². The van der Waals surface area contributed by atoms with Crippen LogP contribution in [0.3, 0.4) is 0 Å². The van der Waals surface area contributed by atoms with Crippen molar-refractivity contribution in [3.8, 4) is 0 Å². The van der Waals surface area contributed by atoms with Gasteiger partial charge in [-0.25, -0.2) is 0 Å². The van der Waals surface area contributed by atoms with Gasteiger partial charge < -0.3 is 14.2 Å². The first-order valence-corrected chi connectivity index (χ1v) is 8.26. The zero-order chi connectivity index (χ0) is 13.5. The normalized spacial score (nSPS) is 19.0. The topological polar surface area (TPSA) is 55.8 Å². The minimum Gasteiger partial charge on any atom is -0.369 e. The molecule has 0 amide bonds. The maximum absolute atomic E-state index is 11.5. The second-order valence-corrected chi connectivity index (χ2v) is 7.03. The lowest BCUT2D eigenvalue weighted by molar-refractivity contribution is 0.144. The lowest BCUT2D eigenvalue weighted by atomic mass is 10.1. The highest BCUT2D eigenvalue weighted by atomic mass is 35.5. The Balaban J connectivity index is 3.96. The monoisotopic (exact) mass is 306 g/mol. The summed E-state index contributed by atoms with van der Waals surface area (Å²) in [6.45, 7) is 6.14. The number of hydrogen-bond acceptors (Lipinski definition) is 3. The lowest BCUT2D eigenvalue weighted by Crippen LogP contribution is -2.25. The first kappa shape index (κ1) is 17.7. The summed E-state index contributed by atoms with van der Waals surface area (Å²) in [5, 5.41) is -0.795. The summed E-state index contributed by atoms with van der Waals surface area (Å²) >= 11 is 12.0. The zero-order valence-electron chi connectivity index (χ0n) is 10.4. The van der Waals surface area contributed by atoms with Crippen LogP contribution < -0.4 is 0 Å². The zero-order valence-corrected chi connectivity index (χ0v) is 12.8. The fourth-order valence-electron chi connectivity index (χ4n) is 1.06. The molecule has 0 saturated carbocycles. The summed E-state index contributed by atoms with van der Waals surface area (Å²) in [6, 6.07) is 0. The summed E-state index contributed by atoms with van der Waals surface area (Å²) in [6.07, 6.45) is 0.480. The van der Waals surface area contributed by atoms with E-state index in [1.165, 1.54) is 0 Å². The highest BCUT2D eigenvalue weighted by Crippen LogP contribution is 2.42. The van der Waals surface area contributed by atoms with Crippen LogP contribution in [0.5, 0.6) is 0 Å². The van der Waals surface area contributed by atoms with E-state index < -0.39 is 13.0 Å². The molecule has 0 aromatic carbocycles. The van der Waals surface area contributed by atoms with Gasteiger partial charge in [0.2, 0.25) is 0 Å². The molecule has 1 N–H and O–H groups in total. The summed E-state index contributed by atoms with van der Waals surface area (Å²) in [4.78, 5) is 9.42. The standard InChI is InChI=1S/C10H21Cl2O4P/c1-4-5-15-7-17(13,14)16-6-9(11)10(12)8(2)3/h8-10H,4-7H2,1-3H3,(H,13,14). The van der Waals surface area contributed by atoms with Crippen LogP contribution in [-0.4, -0.2) is 35.2 Å². The second kappa shape index (κ2) is 8.73. The van der Waals surface area contributed by atoms with E-state index in [1.807, 2.05) is 20.8 Å². The van der Waals surface area contributed by atoms with E-state index in [0.717, 1.165) is 6.42 Å². The molecule has 0 aliphatic carbocycles.